The summed E-state index contributed by atoms with van der Waals surface area (Å²) in [7, 11) is 2.03. The minimum Gasteiger partial charge on any atom is -0.310 e. The predicted molar refractivity (Wildman–Crippen MR) is 80.2 cm³/mol. The predicted octanol–water partition coefficient (Wildman–Crippen LogP) is 3.49. The molecule has 1 aromatic rings. The van der Waals surface area contributed by atoms with E-state index in [-0.39, 0.29) is 0 Å². The van der Waals surface area contributed by atoms with Crippen LogP contribution in [0.4, 0.5) is 0 Å². The van der Waals surface area contributed by atoms with Gasteiger partial charge in [-0.25, -0.2) is 0 Å². The summed E-state index contributed by atoms with van der Waals surface area (Å²) >= 11 is 0. The zero-order valence-corrected chi connectivity index (χ0v) is 13.2. The molecular formula is C16H29N3. The molecule has 3 nitrogen and oxygen atoms in total. The molecule has 0 saturated heterocycles. The second-order valence-electron chi connectivity index (χ2n) is 6.95. The van der Waals surface area contributed by atoms with Gasteiger partial charge in [0.25, 0.3) is 0 Å². The second-order valence-corrected chi connectivity index (χ2v) is 6.95. The number of rotatable bonds is 3. The molecule has 0 aliphatic heterocycles. The molecule has 1 heterocycles. The first kappa shape index (κ1) is 14.6. The molecule has 3 heteroatoms. The second kappa shape index (κ2) is 5.66. The minimum atomic E-state index is 0.538. The highest BCUT2D eigenvalue weighted by Gasteiger charge is 2.24. The number of hydrogen-bond acceptors (Lipinski definition) is 2. The summed E-state index contributed by atoms with van der Waals surface area (Å²) in [6.45, 7) is 10.1. The van der Waals surface area contributed by atoms with E-state index in [2.05, 4.69) is 38.1 Å². The topological polar surface area (TPSA) is 29.9 Å². The Morgan fingerprint density at radius 1 is 1.26 bits per heavy atom. The first-order valence-corrected chi connectivity index (χ1v) is 7.61. The van der Waals surface area contributed by atoms with E-state index in [1.807, 2.05) is 11.7 Å². The Morgan fingerprint density at radius 3 is 2.63 bits per heavy atom. The van der Waals surface area contributed by atoms with Crippen LogP contribution in [0.25, 0.3) is 0 Å². The lowest BCUT2D eigenvalue weighted by atomic mass is 9.85. The van der Waals surface area contributed by atoms with Gasteiger partial charge in [-0.1, -0.05) is 20.3 Å². The van der Waals surface area contributed by atoms with Crippen LogP contribution < -0.4 is 5.32 Å². The van der Waals surface area contributed by atoms with Crippen LogP contribution in [-0.4, -0.2) is 15.8 Å². The highest BCUT2D eigenvalue weighted by atomic mass is 15.3. The molecule has 1 fully saturated rings. The van der Waals surface area contributed by atoms with E-state index in [0.29, 0.717) is 11.5 Å². The number of nitrogens with one attached hydrogen (secondary N) is 1. The number of nitrogens with zero attached hydrogens (tertiary/aromatic N) is 2. The molecule has 1 aliphatic rings. The van der Waals surface area contributed by atoms with E-state index in [1.54, 1.807) is 0 Å². The standard InChI is InChI=1S/C16H29N3/c1-12-15(13(2)19(5)18-12)11-17-14-7-6-9-16(3,4)10-8-14/h14,17H,6-11H2,1-5H3. The van der Waals surface area contributed by atoms with Crippen molar-refractivity contribution in [3.63, 3.8) is 0 Å². The minimum absolute atomic E-state index is 0.538. The average molecular weight is 263 g/mol. The first-order chi connectivity index (χ1) is 8.89. The molecule has 1 saturated carbocycles. The largest absolute Gasteiger partial charge is 0.310 e. The summed E-state index contributed by atoms with van der Waals surface area (Å²) in [6, 6.07) is 0.681. The van der Waals surface area contributed by atoms with E-state index in [9.17, 15) is 0 Å². The van der Waals surface area contributed by atoms with Gasteiger partial charge in [-0.3, -0.25) is 4.68 Å². The average Bonchev–Trinajstić information content (AvgIpc) is 2.49. The zero-order chi connectivity index (χ0) is 14.0. The van der Waals surface area contributed by atoms with Gasteiger partial charge in [0.1, 0.15) is 0 Å². The van der Waals surface area contributed by atoms with Crippen LogP contribution in [0.15, 0.2) is 0 Å². The molecule has 108 valence electrons. The molecule has 1 aromatic heterocycles. The van der Waals surface area contributed by atoms with Crippen molar-refractivity contribution in [2.75, 3.05) is 0 Å². The van der Waals surface area contributed by atoms with Crippen LogP contribution in [0.5, 0.6) is 0 Å². The Morgan fingerprint density at radius 2 is 2.00 bits per heavy atom. The Kier molecular flexibility index (Phi) is 4.34. The van der Waals surface area contributed by atoms with Gasteiger partial charge in [0.05, 0.1) is 5.69 Å². The fourth-order valence-corrected chi connectivity index (χ4v) is 3.19. The van der Waals surface area contributed by atoms with Crippen molar-refractivity contribution in [1.29, 1.82) is 0 Å². The van der Waals surface area contributed by atoms with E-state index < -0.39 is 0 Å². The highest BCUT2D eigenvalue weighted by Crippen LogP contribution is 2.33. The fraction of sp³-hybridized carbons (Fsp3) is 0.812. The van der Waals surface area contributed by atoms with E-state index in [1.165, 1.54) is 49.1 Å². The Balaban J connectivity index is 1.92. The summed E-state index contributed by atoms with van der Waals surface area (Å²) in [5.74, 6) is 0. The molecule has 0 bridgehead atoms. The first-order valence-electron chi connectivity index (χ1n) is 7.61. The molecular weight excluding hydrogens is 234 g/mol. The van der Waals surface area contributed by atoms with Gasteiger partial charge in [0.15, 0.2) is 0 Å². The van der Waals surface area contributed by atoms with Crippen LogP contribution in [-0.2, 0) is 13.6 Å². The summed E-state index contributed by atoms with van der Waals surface area (Å²) in [5, 5.41) is 8.25. The van der Waals surface area contributed by atoms with Gasteiger partial charge in [0, 0.05) is 30.9 Å². The van der Waals surface area contributed by atoms with Crippen molar-refractivity contribution < 1.29 is 0 Å². The van der Waals surface area contributed by atoms with Crippen molar-refractivity contribution in [2.45, 2.75) is 72.4 Å². The van der Waals surface area contributed by atoms with Gasteiger partial charge in [0.2, 0.25) is 0 Å². The lowest BCUT2D eigenvalue weighted by Crippen LogP contribution is -2.28. The summed E-state index contributed by atoms with van der Waals surface area (Å²) in [6.07, 6.45) is 6.70. The SMILES string of the molecule is Cc1nn(C)c(C)c1CNC1CCCC(C)(C)CC1. The maximum absolute atomic E-state index is 4.49. The van der Waals surface area contributed by atoms with Crippen molar-refractivity contribution in [3.8, 4) is 0 Å². The molecule has 0 spiro atoms. The Hall–Kier alpha value is -0.830. The number of hydrogen-bond donors (Lipinski definition) is 1. The summed E-state index contributed by atoms with van der Waals surface area (Å²) in [4.78, 5) is 0. The zero-order valence-electron chi connectivity index (χ0n) is 13.2. The molecule has 1 N–H and O–H groups in total. The quantitative estimate of drug-likeness (QED) is 0.846. The monoisotopic (exact) mass is 263 g/mol. The number of aryl methyl sites for hydroxylation is 2. The molecule has 1 atom stereocenters. The lowest BCUT2D eigenvalue weighted by Gasteiger charge is -2.22. The van der Waals surface area contributed by atoms with Crippen LogP contribution in [0.3, 0.4) is 0 Å². The smallest absolute Gasteiger partial charge is 0.0641 e. The number of aromatic nitrogens is 2. The van der Waals surface area contributed by atoms with Crippen LogP contribution in [0.1, 0.15) is 62.9 Å². The van der Waals surface area contributed by atoms with Crippen molar-refractivity contribution >= 4 is 0 Å². The third kappa shape index (κ3) is 3.59. The van der Waals surface area contributed by atoms with Gasteiger partial charge < -0.3 is 5.32 Å². The van der Waals surface area contributed by atoms with Gasteiger partial charge in [-0.05, 0) is 44.9 Å². The molecule has 2 rings (SSSR count). The lowest BCUT2D eigenvalue weighted by molar-refractivity contribution is 0.309. The maximum atomic E-state index is 4.49. The third-order valence-corrected chi connectivity index (χ3v) is 4.80. The van der Waals surface area contributed by atoms with Crippen LogP contribution >= 0.6 is 0 Å². The van der Waals surface area contributed by atoms with Crippen molar-refractivity contribution in [1.82, 2.24) is 15.1 Å². The molecule has 19 heavy (non-hydrogen) atoms. The van der Waals surface area contributed by atoms with E-state index >= 15 is 0 Å². The van der Waals surface area contributed by atoms with E-state index in [0.717, 1.165) is 6.54 Å². The van der Waals surface area contributed by atoms with Crippen molar-refractivity contribution in [3.05, 3.63) is 17.0 Å². The van der Waals surface area contributed by atoms with Gasteiger partial charge in [-0.15, -0.1) is 0 Å². The van der Waals surface area contributed by atoms with Crippen LogP contribution in [0.2, 0.25) is 0 Å². The van der Waals surface area contributed by atoms with Crippen LogP contribution in [0, 0.1) is 19.3 Å². The van der Waals surface area contributed by atoms with Crippen molar-refractivity contribution in [2.24, 2.45) is 12.5 Å². The van der Waals surface area contributed by atoms with Gasteiger partial charge in [-0.2, -0.15) is 5.10 Å². The Labute approximate surface area is 117 Å². The third-order valence-electron chi connectivity index (χ3n) is 4.80. The molecule has 1 aliphatic carbocycles. The molecule has 1 unspecified atom stereocenters. The highest BCUT2D eigenvalue weighted by molar-refractivity contribution is 5.24. The fourth-order valence-electron chi connectivity index (χ4n) is 3.19. The van der Waals surface area contributed by atoms with Gasteiger partial charge >= 0.3 is 0 Å². The van der Waals surface area contributed by atoms with E-state index in [4.69, 9.17) is 0 Å². The maximum Gasteiger partial charge on any atom is 0.0641 e. The Bertz CT molecular complexity index is 431. The summed E-state index contributed by atoms with van der Waals surface area (Å²) < 4.78 is 1.99. The molecule has 0 radical (unpaired) electrons. The normalized spacial score (nSPS) is 23.3. The molecule has 0 aromatic carbocycles. The summed E-state index contributed by atoms with van der Waals surface area (Å²) in [5.41, 5.74) is 4.38. The molecule has 0 amide bonds.